The number of morpholine rings is 1. The van der Waals surface area contributed by atoms with Gasteiger partial charge in [-0.25, -0.2) is 4.98 Å². The van der Waals surface area contributed by atoms with E-state index in [2.05, 4.69) is 37.6 Å². The molecule has 0 spiro atoms. The molecule has 0 saturated carbocycles. The Kier molecular flexibility index (Phi) is 8.26. The minimum absolute atomic E-state index is 0.109. The molecule has 2 aliphatic heterocycles. The van der Waals surface area contributed by atoms with Crippen molar-refractivity contribution in [2.75, 3.05) is 44.3 Å². The van der Waals surface area contributed by atoms with Crippen molar-refractivity contribution in [2.24, 2.45) is 0 Å². The molecule has 2 saturated heterocycles. The average molecular weight is 543 g/mol. The second-order valence-corrected chi connectivity index (χ2v) is 9.72. The number of esters is 1. The lowest BCUT2D eigenvalue weighted by Gasteiger charge is -2.29. The van der Waals surface area contributed by atoms with Gasteiger partial charge >= 0.3 is 5.97 Å². The third kappa shape index (κ3) is 6.53. The average Bonchev–Trinajstić information content (AvgIpc) is 3.29. The second kappa shape index (κ2) is 12.0. The Labute approximate surface area is 225 Å². The van der Waals surface area contributed by atoms with Crippen LogP contribution in [0.2, 0.25) is 5.02 Å². The number of hydrogen-bond donors (Lipinski definition) is 3. The number of carbonyl (C=O) groups is 2. The fourth-order valence-electron chi connectivity index (χ4n) is 4.56. The Morgan fingerprint density at radius 3 is 2.76 bits per heavy atom. The molecule has 2 atom stereocenters. The number of amides is 1. The highest BCUT2D eigenvalue weighted by molar-refractivity contribution is 6.33. The van der Waals surface area contributed by atoms with E-state index in [9.17, 15) is 9.59 Å². The number of pyridine rings is 1. The fourth-order valence-corrected chi connectivity index (χ4v) is 4.82. The van der Waals surface area contributed by atoms with E-state index < -0.39 is 6.23 Å². The number of imidazole rings is 1. The third-order valence-corrected chi connectivity index (χ3v) is 6.78. The first-order chi connectivity index (χ1) is 18.4. The number of aromatic amines is 1. The molecule has 11 nitrogen and oxygen atoms in total. The molecule has 5 rings (SSSR count). The van der Waals surface area contributed by atoms with Crippen LogP contribution >= 0.6 is 11.6 Å². The van der Waals surface area contributed by atoms with E-state index in [1.165, 1.54) is 6.92 Å². The topological polar surface area (TPSA) is 131 Å². The standard InChI is InChI=1S/C26H31ClN6O5/c1-16(34)28-9-7-23(35)38-22-14-19(6-8-29-22)37-26-30-21-15-20(27)24(31-25(21)32-26)17-2-4-18(5-3-17)33-10-12-36-13-11-33/h2-5,15,19,22,29H,6-14H2,1H3,(H,28,34)(H,30,31,32). The number of carbonyl (C=O) groups excluding carboxylic acids is 2. The van der Waals surface area contributed by atoms with Gasteiger partial charge in [-0.2, -0.15) is 4.98 Å². The van der Waals surface area contributed by atoms with Crippen molar-refractivity contribution >= 4 is 40.3 Å². The number of nitrogens with one attached hydrogen (secondary N) is 3. The number of nitrogens with zero attached hydrogens (tertiary/aromatic N) is 3. The Morgan fingerprint density at radius 1 is 1.21 bits per heavy atom. The Morgan fingerprint density at radius 2 is 2.00 bits per heavy atom. The number of ether oxygens (including phenoxy) is 3. The third-order valence-electron chi connectivity index (χ3n) is 6.49. The van der Waals surface area contributed by atoms with Crippen LogP contribution < -0.4 is 20.3 Å². The fraction of sp³-hybridized carbons (Fsp3) is 0.462. The van der Waals surface area contributed by atoms with Gasteiger partial charge in [0, 0.05) is 50.8 Å². The summed E-state index contributed by atoms with van der Waals surface area (Å²) in [5.74, 6) is -0.567. The number of anilines is 1. The van der Waals surface area contributed by atoms with Gasteiger partial charge in [0.25, 0.3) is 6.01 Å². The summed E-state index contributed by atoms with van der Waals surface area (Å²) < 4.78 is 17.0. The van der Waals surface area contributed by atoms with Gasteiger partial charge < -0.3 is 29.4 Å². The number of piperidine rings is 1. The zero-order valence-corrected chi connectivity index (χ0v) is 21.9. The number of rotatable bonds is 8. The van der Waals surface area contributed by atoms with E-state index in [1.54, 1.807) is 6.07 Å². The molecule has 38 heavy (non-hydrogen) atoms. The molecule has 0 bridgehead atoms. The summed E-state index contributed by atoms with van der Waals surface area (Å²) in [4.78, 5) is 37.7. The maximum atomic E-state index is 12.1. The molecule has 1 amide bonds. The molecule has 12 heteroatoms. The lowest BCUT2D eigenvalue weighted by Crippen LogP contribution is -2.45. The van der Waals surface area contributed by atoms with Gasteiger partial charge in [-0.3, -0.25) is 14.9 Å². The van der Waals surface area contributed by atoms with E-state index in [1.807, 2.05) is 12.1 Å². The van der Waals surface area contributed by atoms with E-state index in [0.717, 1.165) is 44.0 Å². The highest BCUT2D eigenvalue weighted by Gasteiger charge is 2.26. The zero-order chi connectivity index (χ0) is 26.5. The molecule has 2 unspecified atom stereocenters. The van der Waals surface area contributed by atoms with E-state index in [0.29, 0.717) is 40.9 Å². The van der Waals surface area contributed by atoms with Crippen LogP contribution in [0.5, 0.6) is 6.01 Å². The Balaban J connectivity index is 1.22. The molecule has 4 heterocycles. The molecule has 2 fully saturated rings. The van der Waals surface area contributed by atoms with Crippen LogP contribution in [0.4, 0.5) is 5.69 Å². The second-order valence-electron chi connectivity index (χ2n) is 9.31. The molecule has 202 valence electrons. The van der Waals surface area contributed by atoms with Gasteiger partial charge in [0.05, 0.1) is 35.9 Å². The van der Waals surface area contributed by atoms with Gasteiger partial charge in [-0.1, -0.05) is 23.7 Å². The Hall–Kier alpha value is -3.41. The first kappa shape index (κ1) is 26.2. The predicted octanol–water partition coefficient (Wildman–Crippen LogP) is 2.64. The van der Waals surface area contributed by atoms with Crippen LogP contribution in [0.1, 0.15) is 26.2 Å². The molecular weight excluding hydrogens is 512 g/mol. The smallest absolute Gasteiger partial charge is 0.309 e. The van der Waals surface area contributed by atoms with Crippen molar-refractivity contribution in [2.45, 2.75) is 38.5 Å². The van der Waals surface area contributed by atoms with Crippen LogP contribution in [0, 0.1) is 0 Å². The molecule has 1 aromatic carbocycles. The van der Waals surface area contributed by atoms with Gasteiger partial charge in [0.1, 0.15) is 6.10 Å². The lowest BCUT2D eigenvalue weighted by atomic mass is 10.1. The number of hydrogen-bond acceptors (Lipinski definition) is 9. The SMILES string of the molecule is CC(=O)NCCC(=O)OC1CC(Oc2nc3nc(-c4ccc(N5CCOCC5)cc4)c(Cl)cc3[nH]2)CCN1. The summed E-state index contributed by atoms with van der Waals surface area (Å²) >= 11 is 6.59. The quantitative estimate of drug-likeness (QED) is 0.368. The summed E-state index contributed by atoms with van der Waals surface area (Å²) in [5.41, 5.74) is 3.88. The van der Waals surface area contributed by atoms with Crippen molar-refractivity contribution in [3.63, 3.8) is 0 Å². The van der Waals surface area contributed by atoms with Gasteiger partial charge in [0.2, 0.25) is 5.91 Å². The highest BCUT2D eigenvalue weighted by Crippen LogP contribution is 2.31. The van der Waals surface area contributed by atoms with Crippen molar-refractivity contribution < 1.29 is 23.8 Å². The first-order valence-corrected chi connectivity index (χ1v) is 13.2. The maximum absolute atomic E-state index is 12.1. The van der Waals surface area contributed by atoms with Crippen LogP contribution in [-0.4, -0.2) is 78.6 Å². The summed E-state index contributed by atoms with van der Waals surface area (Å²) in [6.45, 7) is 5.50. The monoisotopic (exact) mass is 542 g/mol. The van der Waals surface area contributed by atoms with Crippen LogP contribution in [0.25, 0.3) is 22.4 Å². The lowest BCUT2D eigenvalue weighted by molar-refractivity contribution is -0.153. The summed E-state index contributed by atoms with van der Waals surface area (Å²) in [7, 11) is 0. The van der Waals surface area contributed by atoms with Crippen LogP contribution in [0.3, 0.4) is 0 Å². The largest absolute Gasteiger partial charge is 0.461 e. The highest BCUT2D eigenvalue weighted by atomic mass is 35.5. The van der Waals surface area contributed by atoms with E-state index in [-0.39, 0.29) is 30.9 Å². The van der Waals surface area contributed by atoms with E-state index in [4.69, 9.17) is 30.8 Å². The molecular formula is C26H31ClN6O5. The van der Waals surface area contributed by atoms with Gasteiger partial charge in [-0.05, 0) is 24.6 Å². The minimum Gasteiger partial charge on any atom is -0.461 e. The molecule has 0 radical (unpaired) electrons. The van der Waals surface area contributed by atoms with Gasteiger partial charge in [-0.15, -0.1) is 0 Å². The van der Waals surface area contributed by atoms with Crippen molar-refractivity contribution in [3.05, 3.63) is 35.4 Å². The Bertz CT molecular complexity index is 1280. The predicted molar refractivity (Wildman–Crippen MR) is 142 cm³/mol. The summed E-state index contributed by atoms with van der Waals surface area (Å²) in [5, 5.41) is 6.27. The van der Waals surface area contributed by atoms with Crippen LogP contribution in [0.15, 0.2) is 30.3 Å². The zero-order valence-electron chi connectivity index (χ0n) is 21.2. The normalized spacial score (nSPS) is 19.8. The summed E-state index contributed by atoms with van der Waals surface area (Å²) in [6.07, 6.45) is 0.636. The molecule has 3 aromatic rings. The molecule has 2 aliphatic rings. The number of fused-ring (bicyclic) bond motifs is 1. The molecule has 2 aromatic heterocycles. The van der Waals surface area contributed by atoms with Crippen molar-refractivity contribution in [3.8, 4) is 17.3 Å². The van der Waals surface area contributed by atoms with E-state index >= 15 is 0 Å². The number of aromatic nitrogens is 3. The molecule has 0 aliphatic carbocycles. The number of benzene rings is 1. The van der Waals surface area contributed by atoms with Crippen molar-refractivity contribution in [1.29, 1.82) is 0 Å². The van der Waals surface area contributed by atoms with Crippen molar-refractivity contribution in [1.82, 2.24) is 25.6 Å². The summed E-state index contributed by atoms with van der Waals surface area (Å²) in [6, 6.07) is 10.3. The number of H-pyrrole nitrogens is 1. The minimum atomic E-state index is -0.470. The maximum Gasteiger partial charge on any atom is 0.309 e. The molecule has 3 N–H and O–H groups in total. The van der Waals surface area contributed by atoms with Crippen LogP contribution in [-0.2, 0) is 19.1 Å². The van der Waals surface area contributed by atoms with Gasteiger partial charge in [0.15, 0.2) is 11.9 Å². The first-order valence-electron chi connectivity index (χ1n) is 12.8. The number of halogens is 1.